The van der Waals surface area contributed by atoms with Crippen LogP contribution in [0.15, 0.2) is 0 Å². The first-order chi connectivity index (χ1) is 7.63. The molecule has 8 heteroatoms. The number of nitrogens with zero attached hydrogens (tertiary/aromatic N) is 2. The van der Waals surface area contributed by atoms with Crippen molar-refractivity contribution in [2.75, 3.05) is 7.11 Å². The largest absolute Gasteiger partial charge is 0.475 e. The van der Waals surface area contributed by atoms with Crippen LogP contribution in [0.4, 0.5) is 5.69 Å². The summed E-state index contributed by atoms with van der Waals surface area (Å²) in [5.41, 5.74) is -0.602. The number of methoxy groups -OCH3 is 1. The van der Waals surface area contributed by atoms with Gasteiger partial charge in [0.25, 0.3) is 5.91 Å². The molecule has 0 atom stereocenters. The van der Waals surface area contributed by atoms with Gasteiger partial charge in [0.15, 0.2) is 0 Å². The predicted octanol–water partition coefficient (Wildman–Crippen LogP) is 0.219. The maximum absolute atomic E-state index is 11.6. The molecule has 0 spiro atoms. The molecule has 1 heterocycles. The highest BCUT2D eigenvalue weighted by Gasteiger charge is 2.32. The SMILES string of the molecule is COc1n[nH]c(C(=O)NC2CC2)c1[N+](=O)[O-]. The molecule has 0 aromatic carbocycles. The lowest BCUT2D eigenvalue weighted by Crippen LogP contribution is -2.26. The van der Waals surface area contributed by atoms with Gasteiger partial charge in [0.1, 0.15) is 0 Å². The summed E-state index contributed by atoms with van der Waals surface area (Å²) in [7, 11) is 1.26. The molecule has 1 aromatic rings. The van der Waals surface area contributed by atoms with Gasteiger partial charge in [0.05, 0.1) is 12.0 Å². The molecule has 1 fully saturated rings. The third-order valence-corrected chi connectivity index (χ3v) is 2.22. The van der Waals surface area contributed by atoms with E-state index in [0.29, 0.717) is 0 Å². The quantitative estimate of drug-likeness (QED) is 0.563. The molecule has 0 aliphatic heterocycles. The molecule has 16 heavy (non-hydrogen) atoms. The molecule has 2 N–H and O–H groups in total. The van der Waals surface area contributed by atoms with Gasteiger partial charge in [-0.3, -0.25) is 20.0 Å². The van der Waals surface area contributed by atoms with Crippen molar-refractivity contribution in [3.05, 3.63) is 15.8 Å². The van der Waals surface area contributed by atoms with Crippen molar-refractivity contribution in [3.8, 4) is 5.88 Å². The van der Waals surface area contributed by atoms with E-state index in [1.165, 1.54) is 7.11 Å². The zero-order valence-electron chi connectivity index (χ0n) is 8.52. The molecule has 1 aromatic heterocycles. The number of carbonyl (C=O) groups is 1. The fraction of sp³-hybridized carbons (Fsp3) is 0.500. The monoisotopic (exact) mass is 226 g/mol. The minimum atomic E-state index is -0.690. The number of H-pyrrole nitrogens is 1. The van der Waals surface area contributed by atoms with Gasteiger partial charge in [-0.1, -0.05) is 0 Å². The van der Waals surface area contributed by atoms with Crippen LogP contribution in [0.25, 0.3) is 0 Å². The average molecular weight is 226 g/mol. The van der Waals surface area contributed by atoms with Crippen molar-refractivity contribution >= 4 is 11.6 Å². The predicted molar refractivity (Wildman–Crippen MR) is 52.3 cm³/mol. The first-order valence-corrected chi connectivity index (χ1v) is 4.71. The third kappa shape index (κ3) is 1.81. The van der Waals surface area contributed by atoms with Crippen LogP contribution >= 0.6 is 0 Å². The molecule has 0 saturated heterocycles. The number of carbonyl (C=O) groups excluding carboxylic acids is 1. The Morgan fingerprint density at radius 2 is 2.38 bits per heavy atom. The lowest BCUT2D eigenvalue weighted by molar-refractivity contribution is -0.386. The highest BCUT2D eigenvalue weighted by Crippen LogP contribution is 2.28. The van der Waals surface area contributed by atoms with Crippen LogP contribution < -0.4 is 10.1 Å². The topological polar surface area (TPSA) is 110 Å². The Balaban J connectivity index is 2.27. The minimum absolute atomic E-state index is 0.126. The van der Waals surface area contributed by atoms with Crippen molar-refractivity contribution in [1.29, 1.82) is 0 Å². The number of aromatic amines is 1. The molecule has 1 amide bonds. The second-order valence-electron chi connectivity index (χ2n) is 3.46. The summed E-state index contributed by atoms with van der Waals surface area (Å²) < 4.78 is 4.69. The summed E-state index contributed by atoms with van der Waals surface area (Å²) >= 11 is 0. The molecule has 1 aliphatic rings. The second-order valence-corrected chi connectivity index (χ2v) is 3.46. The van der Waals surface area contributed by atoms with Crippen LogP contribution in [-0.4, -0.2) is 34.2 Å². The maximum Gasteiger partial charge on any atom is 0.362 e. The summed E-state index contributed by atoms with van der Waals surface area (Å²) in [6.07, 6.45) is 1.82. The van der Waals surface area contributed by atoms with Crippen molar-refractivity contribution in [1.82, 2.24) is 15.5 Å². The van der Waals surface area contributed by atoms with Crippen LogP contribution in [-0.2, 0) is 0 Å². The molecule has 0 unspecified atom stereocenters. The van der Waals surface area contributed by atoms with Gasteiger partial charge in [-0.25, -0.2) is 0 Å². The molecule has 0 radical (unpaired) electrons. The van der Waals surface area contributed by atoms with Crippen LogP contribution in [0, 0.1) is 10.1 Å². The van der Waals surface area contributed by atoms with E-state index in [-0.39, 0.29) is 17.6 Å². The standard InChI is InChI=1S/C8H10N4O4/c1-16-8-6(12(14)15)5(10-11-8)7(13)9-4-2-3-4/h4H,2-3H2,1H3,(H,9,13)(H,10,11). The summed E-state index contributed by atoms with van der Waals surface area (Å²) in [6.45, 7) is 0. The summed E-state index contributed by atoms with van der Waals surface area (Å²) in [5.74, 6) is -0.712. The normalized spacial score (nSPS) is 14.6. The fourth-order valence-electron chi connectivity index (χ4n) is 1.27. The summed E-state index contributed by atoms with van der Waals surface area (Å²) in [4.78, 5) is 21.7. The van der Waals surface area contributed by atoms with E-state index in [2.05, 4.69) is 15.5 Å². The smallest absolute Gasteiger partial charge is 0.362 e. The molecule has 8 nitrogen and oxygen atoms in total. The van der Waals surface area contributed by atoms with Crippen LogP contribution in [0.1, 0.15) is 23.3 Å². The number of nitrogens with one attached hydrogen (secondary N) is 2. The maximum atomic E-state index is 11.6. The van der Waals surface area contributed by atoms with Crippen LogP contribution in [0.5, 0.6) is 5.88 Å². The lowest BCUT2D eigenvalue weighted by atomic mass is 10.3. The second kappa shape index (κ2) is 3.80. The van der Waals surface area contributed by atoms with Gasteiger partial charge in [0.2, 0.25) is 5.69 Å². The molecular formula is C8H10N4O4. The van der Waals surface area contributed by atoms with E-state index >= 15 is 0 Å². The first kappa shape index (κ1) is 10.4. The van der Waals surface area contributed by atoms with Gasteiger partial charge in [-0.2, -0.15) is 0 Å². The Morgan fingerprint density at radius 3 is 2.88 bits per heavy atom. The number of ether oxygens (including phenoxy) is 1. The Kier molecular flexibility index (Phi) is 2.47. The summed E-state index contributed by atoms with van der Waals surface area (Å²) in [5, 5.41) is 19.3. The van der Waals surface area contributed by atoms with Gasteiger partial charge in [-0.05, 0) is 12.8 Å². The first-order valence-electron chi connectivity index (χ1n) is 4.71. The molecule has 2 rings (SSSR count). The minimum Gasteiger partial charge on any atom is -0.475 e. The Hall–Kier alpha value is -2.12. The van der Waals surface area contributed by atoms with Gasteiger partial charge >= 0.3 is 11.6 Å². The van der Waals surface area contributed by atoms with Crippen LogP contribution in [0.3, 0.4) is 0 Å². The average Bonchev–Trinajstić information content (AvgIpc) is 2.94. The third-order valence-electron chi connectivity index (χ3n) is 2.22. The number of hydrogen-bond acceptors (Lipinski definition) is 5. The fourth-order valence-corrected chi connectivity index (χ4v) is 1.27. The number of nitro groups is 1. The van der Waals surface area contributed by atoms with E-state index in [4.69, 9.17) is 4.74 Å². The number of rotatable bonds is 4. The molecule has 86 valence electrons. The zero-order valence-corrected chi connectivity index (χ0v) is 8.52. The van der Waals surface area contributed by atoms with E-state index in [9.17, 15) is 14.9 Å². The van der Waals surface area contributed by atoms with Crippen molar-refractivity contribution in [2.45, 2.75) is 18.9 Å². The molecule has 1 aliphatic carbocycles. The highest BCUT2D eigenvalue weighted by atomic mass is 16.6. The van der Waals surface area contributed by atoms with Gasteiger partial charge in [0, 0.05) is 6.04 Å². The number of aromatic nitrogens is 2. The van der Waals surface area contributed by atoms with Crippen molar-refractivity contribution in [3.63, 3.8) is 0 Å². The zero-order chi connectivity index (χ0) is 11.7. The van der Waals surface area contributed by atoms with E-state index < -0.39 is 16.5 Å². The number of amides is 1. The lowest BCUT2D eigenvalue weighted by Gasteiger charge is -1.99. The number of hydrogen-bond donors (Lipinski definition) is 2. The van der Waals surface area contributed by atoms with Crippen molar-refractivity contribution in [2.24, 2.45) is 0 Å². The van der Waals surface area contributed by atoms with Crippen molar-refractivity contribution < 1.29 is 14.5 Å². The summed E-state index contributed by atoms with van der Waals surface area (Å²) in [6, 6.07) is 0.126. The Bertz CT molecular complexity index is 437. The molecule has 0 bridgehead atoms. The Labute approximate surface area is 90.1 Å². The molecular weight excluding hydrogens is 216 g/mol. The van der Waals surface area contributed by atoms with E-state index in [1.54, 1.807) is 0 Å². The van der Waals surface area contributed by atoms with E-state index in [1.807, 2.05) is 0 Å². The van der Waals surface area contributed by atoms with Crippen LogP contribution in [0.2, 0.25) is 0 Å². The highest BCUT2D eigenvalue weighted by molar-refractivity contribution is 5.97. The van der Waals surface area contributed by atoms with Gasteiger partial charge < -0.3 is 10.1 Å². The van der Waals surface area contributed by atoms with E-state index in [0.717, 1.165) is 12.8 Å². The van der Waals surface area contributed by atoms with Gasteiger partial charge in [-0.15, -0.1) is 5.10 Å². The Morgan fingerprint density at radius 1 is 1.69 bits per heavy atom. The molecule has 1 saturated carbocycles.